The normalized spacial score (nSPS) is 12.7. The lowest BCUT2D eigenvalue weighted by atomic mass is 10.2. The van der Waals surface area contributed by atoms with Crippen molar-refractivity contribution in [3.63, 3.8) is 0 Å². The van der Waals surface area contributed by atoms with Gasteiger partial charge in [-0.2, -0.15) is 0 Å². The maximum Gasteiger partial charge on any atom is 0.242 e. The molecular weight excluding hydrogens is 298 g/mol. The van der Waals surface area contributed by atoms with Gasteiger partial charge < -0.3 is 5.32 Å². The van der Waals surface area contributed by atoms with Gasteiger partial charge in [-0.1, -0.05) is 35.9 Å². The second kappa shape index (κ2) is 6.32. The van der Waals surface area contributed by atoms with E-state index in [-0.39, 0.29) is 4.90 Å². The van der Waals surface area contributed by atoms with Crippen molar-refractivity contribution in [2.45, 2.75) is 30.9 Å². The molecule has 1 amide bonds. The monoisotopic (exact) mass is 317 g/mol. The van der Waals surface area contributed by atoms with Crippen molar-refractivity contribution >= 4 is 21.4 Å². The van der Waals surface area contributed by atoms with E-state index in [1.54, 1.807) is 24.3 Å². The molecule has 1 unspecified atom stereocenters. The summed E-state index contributed by atoms with van der Waals surface area (Å²) in [4.78, 5) is 12.4. The lowest BCUT2D eigenvalue weighted by Crippen LogP contribution is -2.32. The minimum absolute atomic E-state index is 0.158. The first-order chi connectivity index (χ1) is 10.3. The van der Waals surface area contributed by atoms with Crippen LogP contribution in [0.4, 0.5) is 5.69 Å². The van der Waals surface area contributed by atoms with Crippen molar-refractivity contribution in [2.75, 3.05) is 5.32 Å². The van der Waals surface area contributed by atoms with Gasteiger partial charge in [-0.15, -0.1) is 0 Å². The van der Waals surface area contributed by atoms with Crippen molar-refractivity contribution in [2.24, 2.45) is 0 Å². The van der Waals surface area contributed by atoms with Crippen LogP contribution in [-0.2, 0) is 14.6 Å². The summed E-state index contributed by atoms with van der Waals surface area (Å²) < 4.78 is 25.0. The van der Waals surface area contributed by atoms with Gasteiger partial charge in [-0.3, -0.25) is 4.79 Å². The van der Waals surface area contributed by atoms with Crippen LogP contribution >= 0.6 is 0 Å². The average Bonchev–Trinajstić information content (AvgIpc) is 2.49. The summed E-state index contributed by atoms with van der Waals surface area (Å²) in [7, 11) is -3.70. The van der Waals surface area contributed by atoms with Gasteiger partial charge in [0.05, 0.1) is 4.90 Å². The van der Waals surface area contributed by atoms with Crippen LogP contribution in [0.3, 0.4) is 0 Å². The Labute approximate surface area is 131 Å². The predicted molar refractivity (Wildman–Crippen MR) is 87.6 cm³/mol. The number of hydrogen-bond donors (Lipinski definition) is 1. The quantitative estimate of drug-likeness (QED) is 0.942. The molecule has 0 radical (unpaired) electrons. The fourth-order valence-corrected chi connectivity index (χ4v) is 3.28. The van der Waals surface area contributed by atoms with Gasteiger partial charge in [0.15, 0.2) is 9.84 Å². The molecule has 22 heavy (non-hydrogen) atoms. The fraction of sp³-hybridized carbons (Fsp3) is 0.235. The number of carbonyl (C=O) groups excluding carboxylic acids is 1. The molecular formula is C17H19NO3S. The van der Waals surface area contributed by atoms with Crippen LogP contribution < -0.4 is 5.32 Å². The highest BCUT2D eigenvalue weighted by Crippen LogP contribution is 2.19. The zero-order valence-corrected chi connectivity index (χ0v) is 13.6. The second-order valence-electron chi connectivity index (χ2n) is 5.30. The molecule has 0 heterocycles. The SMILES string of the molecule is Cc1ccc(S(=O)(=O)C(C)C(=O)Nc2ccccc2C)cc1. The maximum absolute atomic E-state index is 12.5. The Morgan fingerprint density at radius 2 is 1.59 bits per heavy atom. The Balaban J connectivity index is 2.23. The third-order valence-corrected chi connectivity index (χ3v) is 5.66. The van der Waals surface area contributed by atoms with E-state index in [0.717, 1.165) is 11.1 Å². The van der Waals surface area contributed by atoms with Gasteiger partial charge in [0, 0.05) is 5.69 Å². The van der Waals surface area contributed by atoms with E-state index >= 15 is 0 Å². The van der Waals surface area contributed by atoms with Crippen molar-refractivity contribution < 1.29 is 13.2 Å². The summed E-state index contributed by atoms with van der Waals surface area (Å²) in [5.41, 5.74) is 2.48. The maximum atomic E-state index is 12.5. The molecule has 0 bridgehead atoms. The van der Waals surface area contributed by atoms with E-state index in [2.05, 4.69) is 5.32 Å². The molecule has 0 saturated carbocycles. The minimum Gasteiger partial charge on any atom is -0.325 e. The largest absolute Gasteiger partial charge is 0.325 e. The molecule has 2 aromatic rings. The molecule has 0 aliphatic rings. The number of rotatable bonds is 4. The second-order valence-corrected chi connectivity index (χ2v) is 7.57. The first-order valence-electron chi connectivity index (χ1n) is 6.99. The average molecular weight is 317 g/mol. The van der Waals surface area contributed by atoms with Gasteiger partial charge in [0.1, 0.15) is 5.25 Å². The van der Waals surface area contributed by atoms with Crippen LogP contribution in [0.2, 0.25) is 0 Å². The van der Waals surface area contributed by atoms with Crippen LogP contribution in [-0.4, -0.2) is 19.6 Å². The highest BCUT2D eigenvalue weighted by atomic mass is 32.2. The van der Waals surface area contributed by atoms with Gasteiger partial charge in [0.2, 0.25) is 5.91 Å². The lowest BCUT2D eigenvalue weighted by Gasteiger charge is -2.14. The molecule has 0 saturated heterocycles. The van der Waals surface area contributed by atoms with E-state index in [1.165, 1.54) is 19.1 Å². The van der Waals surface area contributed by atoms with Crippen molar-refractivity contribution in [3.8, 4) is 0 Å². The number of anilines is 1. The molecule has 0 fully saturated rings. The number of benzene rings is 2. The highest BCUT2D eigenvalue weighted by molar-refractivity contribution is 7.92. The van der Waals surface area contributed by atoms with E-state index in [9.17, 15) is 13.2 Å². The van der Waals surface area contributed by atoms with Gasteiger partial charge in [-0.05, 0) is 44.5 Å². The molecule has 5 heteroatoms. The molecule has 1 N–H and O–H groups in total. The summed E-state index contributed by atoms with van der Waals surface area (Å²) >= 11 is 0. The Morgan fingerprint density at radius 1 is 1.00 bits per heavy atom. The summed E-state index contributed by atoms with van der Waals surface area (Å²) in [5.74, 6) is -0.533. The van der Waals surface area contributed by atoms with Gasteiger partial charge in [-0.25, -0.2) is 8.42 Å². The number of amides is 1. The molecule has 2 aromatic carbocycles. The number of sulfone groups is 1. The summed E-state index contributed by atoms with van der Waals surface area (Å²) in [5, 5.41) is 1.52. The Kier molecular flexibility index (Phi) is 4.66. The first-order valence-corrected chi connectivity index (χ1v) is 8.54. The Morgan fingerprint density at radius 3 is 2.18 bits per heavy atom. The number of nitrogens with one attached hydrogen (secondary N) is 1. The molecule has 0 spiro atoms. The van der Waals surface area contributed by atoms with Gasteiger partial charge in [0.25, 0.3) is 0 Å². The van der Waals surface area contributed by atoms with Crippen LogP contribution in [0.25, 0.3) is 0 Å². The summed E-state index contributed by atoms with van der Waals surface area (Å²) in [6.07, 6.45) is 0. The number of carbonyl (C=O) groups is 1. The summed E-state index contributed by atoms with van der Waals surface area (Å²) in [6.45, 7) is 5.14. The van der Waals surface area contributed by atoms with E-state index in [1.807, 2.05) is 26.0 Å². The molecule has 0 aliphatic carbocycles. The zero-order valence-electron chi connectivity index (χ0n) is 12.8. The van der Waals surface area contributed by atoms with Crippen LogP contribution in [0.5, 0.6) is 0 Å². The van der Waals surface area contributed by atoms with Crippen LogP contribution in [0.15, 0.2) is 53.4 Å². The van der Waals surface area contributed by atoms with Crippen molar-refractivity contribution in [1.82, 2.24) is 0 Å². The molecule has 116 valence electrons. The molecule has 2 rings (SSSR count). The molecule has 4 nitrogen and oxygen atoms in total. The Bertz CT molecular complexity index is 780. The number of hydrogen-bond acceptors (Lipinski definition) is 3. The van der Waals surface area contributed by atoms with Crippen molar-refractivity contribution in [1.29, 1.82) is 0 Å². The topological polar surface area (TPSA) is 63.2 Å². The number of para-hydroxylation sites is 1. The molecule has 0 aliphatic heterocycles. The molecule has 1 atom stereocenters. The first kappa shape index (κ1) is 16.2. The fourth-order valence-electron chi connectivity index (χ4n) is 2.02. The zero-order chi connectivity index (χ0) is 16.3. The molecule has 0 aromatic heterocycles. The lowest BCUT2D eigenvalue weighted by molar-refractivity contribution is -0.115. The van der Waals surface area contributed by atoms with Crippen LogP contribution in [0, 0.1) is 13.8 Å². The number of aryl methyl sites for hydroxylation is 2. The van der Waals surface area contributed by atoms with Gasteiger partial charge >= 0.3 is 0 Å². The highest BCUT2D eigenvalue weighted by Gasteiger charge is 2.29. The van der Waals surface area contributed by atoms with E-state index < -0.39 is 21.0 Å². The van der Waals surface area contributed by atoms with Crippen LogP contribution in [0.1, 0.15) is 18.1 Å². The third kappa shape index (κ3) is 3.36. The predicted octanol–water partition coefficient (Wildman–Crippen LogP) is 3.10. The smallest absolute Gasteiger partial charge is 0.242 e. The summed E-state index contributed by atoms with van der Waals surface area (Å²) in [6, 6.07) is 13.8. The Hall–Kier alpha value is -2.14. The third-order valence-electron chi connectivity index (χ3n) is 3.59. The standard InChI is InChI=1S/C17H19NO3S/c1-12-8-10-15(11-9-12)22(20,21)14(3)17(19)18-16-7-5-4-6-13(16)2/h4-11,14H,1-3H3,(H,18,19). The minimum atomic E-state index is -3.70. The van der Waals surface area contributed by atoms with E-state index in [0.29, 0.717) is 5.69 Å². The van der Waals surface area contributed by atoms with E-state index in [4.69, 9.17) is 0 Å². The van der Waals surface area contributed by atoms with Crippen molar-refractivity contribution in [3.05, 3.63) is 59.7 Å².